The molecule has 0 amide bonds. The summed E-state index contributed by atoms with van der Waals surface area (Å²) < 4.78 is 1.98. The van der Waals surface area contributed by atoms with Crippen LogP contribution in [0.3, 0.4) is 0 Å². The van der Waals surface area contributed by atoms with Gasteiger partial charge < -0.3 is 0 Å². The van der Waals surface area contributed by atoms with Gasteiger partial charge in [0.25, 0.3) is 0 Å². The Morgan fingerprint density at radius 1 is 1.22 bits per heavy atom. The minimum Gasteiger partial charge on any atom is -0.267 e. The summed E-state index contributed by atoms with van der Waals surface area (Å²) in [6.07, 6.45) is 5.82. The molecule has 3 heteroatoms. The second kappa shape index (κ2) is 4.56. The van der Waals surface area contributed by atoms with Gasteiger partial charge in [0.2, 0.25) is 0 Å². The summed E-state index contributed by atoms with van der Waals surface area (Å²) in [5.41, 5.74) is 3.39. The van der Waals surface area contributed by atoms with Gasteiger partial charge in [-0.15, -0.1) is 0 Å². The molecule has 0 radical (unpaired) electrons. The van der Waals surface area contributed by atoms with Crippen molar-refractivity contribution in [3.8, 4) is 11.3 Å². The minimum atomic E-state index is 0.00785. The molecule has 0 fully saturated rings. The van der Waals surface area contributed by atoms with Crippen LogP contribution in [-0.2, 0) is 5.54 Å². The standard InChI is InChI=1S/C15H21N3/c1-11(2)12-6-7-16-14(8-12)13-9-17-18(10-13)15(3,4)5/h6-11H,1-5H3. The second-order valence-corrected chi connectivity index (χ2v) is 5.97. The first kappa shape index (κ1) is 12.8. The SMILES string of the molecule is CC(C)c1ccnc(-c2cnn(C(C)(C)C)c2)c1. The predicted molar refractivity (Wildman–Crippen MR) is 74.5 cm³/mol. The largest absolute Gasteiger partial charge is 0.267 e. The lowest BCUT2D eigenvalue weighted by atomic mass is 10.0. The van der Waals surface area contributed by atoms with Gasteiger partial charge in [-0.1, -0.05) is 13.8 Å². The Bertz CT molecular complexity index is 533. The Balaban J connectivity index is 2.37. The molecule has 2 rings (SSSR count). The van der Waals surface area contributed by atoms with Crippen LogP contribution in [0.15, 0.2) is 30.7 Å². The van der Waals surface area contributed by atoms with Gasteiger partial charge in [0.1, 0.15) is 0 Å². The molecule has 2 aromatic heterocycles. The lowest BCUT2D eigenvalue weighted by Gasteiger charge is -2.18. The molecule has 18 heavy (non-hydrogen) atoms. The van der Waals surface area contributed by atoms with E-state index in [0.717, 1.165) is 11.3 Å². The van der Waals surface area contributed by atoms with Crippen LogP contribution in [-0.4, -0.2) is 14.8 Å². The highest BCUT2D eigenvalue weighted by molar-refractivity contribution is 5.57. The average molecular weight is 243 g/mol. The van der Waals surface area contributed by atoms with E-state index in [0.29, 0.717) is 5.92 Å². The summed E-state index contributed by atoms with van der Waals surface area (Å²) >= 11 is 0. The molecule has 96 valence electrons. The van der Waals surface area contributed by atoms with Crippen LogP contribution in [0.5, 0.6) is 0 Å². The number of aromatic nitrogens is 3. The van der Waals surface area contributed by atoms with Gasteiger partial charge in [-0.05, 0) is 44.4 Å². The molecule has 0 atom stereocenters. The first-order valence-corrected chi connectivity index (χ1v) is 6.39. The van der Waals surface area contributed by atoms with Gasteiger partial charge in [0.15, 0.2) is 0 Å². The molecule has 2 heterocycles. The molecule has 0 bridgehead atoms. The topological polar surface area (TPSA) is 30.7 Å². The van der Waals surface area contributed by atoms with Crippen molar-refractivity contribution in [2.45, 2.75) is 46.1 Å². The highest BCUT2D eigenvalue weighted by Gasteiger charge is 2.15. The summed E-state index contributed by atoms with van der Waals surface area (Å²) in [4.78, 5) is 4.43. The van der Waals surface area contributed by atoms with E-state index in [2.05, 4.69) is 63.0 Å². The maximum Gasteiger partial charge on any atom is 0.0736 e. The van der Waals surface area contributed by atoms with Crippen LogP contribution < -0.4 is 0 Å². The Morgan fingerprint density at radius 3 is 2.50 bits per heavy atom. The first-order valence-electron chi connectivity index (χ1n) is 6.39. The fourth-order valence-corrected chi connectivity index (χ4v) is 1.79. The number of hydrogen-bond acceptors (Lipinski definition) is 2. The van der Waals surface area contributed by atoms with E-state index in [1.165, 1.54) is 5.56 Å². The second-order valence-electron chi connectivity index (χ2n) is 5.97. The monoisotopic (exact) mass is 243 g/mol. The van der Waals surface area contributed by atoms with Gasteiger partial charge in [-0.2, -0.15) is 5.10 Å². The summed E-state index contributed by atoms with van der Waals surface area (Å²) in [7, 11) is 0. The average Bonchev–Trinajstić information content (AvgIpc) is 2.78. The minimum absolute atomic E-state index is 0.00785. The zero-order valence-corrected chi connectivity index (χ0v) is 11.8. The fraction of sp³-hybridized carbons (Fsp3) is 0.467. The molecular formula is C15H21N3. The number of rotatable bonds is 2. The number of pyridine rings is 1. The zero-order valence-electron chi connectivity index (χ0n) is 11.8. The van der Waals surface area contributed by atoms with E-state index in [4.69, 9.17) is 0 Å². The summed E-state index contributed by atoms with van der Waals surface area (Å²) in [6.45, 7) is 10.8. The molecule has 3 nitrogen and oxygen atoms in total. The quantitative estimate of drug-likeness (QED) is 0.802. The molecule has 0 aliphatic carbocycles. The van der Waals surface area contributed by atoms with E-state index < -0.39 is 0 Å². The van der Waals surface area contributed by atoms with Crippen molar-refractivity contribution in [1.82, 2.24) is 14.8 Å². The molecule has 0 N–H and O–H groups in total. The van der Waals surface area contributed by atoms with Gasteiger partial charge in [0, 0.05) is 18.0 Å². The lowest BCUT2D eigenvalue weighted by Crippen LogP contribution is -2.21. The Labute approximate surface area is 109 Å². The molecule has 0 aliphatic heterocycles. The molecule has 0 spiro atoms. The van der Waals surface area contributed by atoms with Crippen LogP contribution >= 0.6 is 0 Å². The van der Waals surface area contributed by atoms with Crippen molar-refractivity contribution in [2.75, 3.05) is 0 Å². The predicted octanol–water partition coefficient (Wildman–Crippen LogP) is 3.82. The third-order valence-corrected chi connectivity index (χ3v) is 3.02. The molecular weight excluding hydrogens is 222 g/mol. The van der Waals surface area contributed by atoms with E-state index in [9.17, 15) is 0 Å². The molecule has 2 aromatic rings. The molecule has 0 saturated heterocycles. The summed E-state index contributed by atoms with van der Waals surface area (Å²) in [5.74, 6) is 0.518. The summed E-state index contributed by atoms with van der Waals surface area (Å²) in [5, 5.41) is 4.42. The maximum absolute atomic E-state index is 4.43. The molecule has 0 saturated carbocycles. The van der Waals surface area contributed by atoms with Crippen molar-refractivity contribution in [3.63, 3.8) is 0 Å². The van der Waals surface area contributed by atoms with Gasteiger partial charge in [-0.25, -0.2) is 0 Å². The fourth-order valence-electron chi connectivity index (χ4n) is 1.79. The van der Waals surface area contributed by atoms with Crippen molar-refractivity contribution < 1.29 is 0 Å². The number of hydrogen-bond donors (Lipinski definition) is 0. The maximum atomic E-state index is 4.43. The van der Waals surface area contributed by atoms with E-state index >= 15 is 0 Å². The molecule has 0 unspecified atom stereocenters. The van der Waals surface area contributed by atoms with Crippen LogP contribution in [0.2, 0.25) is 0 Å². The van der Waals surface area contributed by atoms with Gasteiger partial charge in [-0.3, -0.25) is 9.67 Å². The zero-order chi connectivity index (χ0) is 13.3. The van der Waals surface area contributed by atoms with Gasteiger partial charge in [0.05, 0.1) is 17.4 Å². The Kier molecular flexibility index (Phi) is 3.24. The van der Waals surface area contributed by atoms with Crippen molar-refractivity contribution in [1.29, 1.82) is 0 Å². The van der Waals surface area contributed by atoms with Crippen molar-refractivity contribution in [3.05, 3.63) is 36.3 Å². The molecule has 0 aromatic carbocycles. The van der Waals surface area contributed by atoms with Crippen LogP contribution in [0.4, 0.5) is 0 Å². The molecule has 0 aliphatic rings. The van der Waals surface area contributed by atoms with Crippen molar-refractivity contribution >= 4 is 0 Å². The van der Waals surface area contributed by atoms with Crippen LogP contribution in [0.25, 0.3) is 11.3 Å². The van der Waals surface area contributed by atoms with E-state index in [-0.39, 0.29) is 5.54 Å². The Morgan fingerprint density at radius 2 is 1.94 bits per heavy atom. The smallest absolute Gasteiger partial charge is 0.0736 e. The van der Waals surface area contributed by atoms with E-state index in [1.807, 2.05) is 17.1 Å². The highest BCUT2D eigenvalue weighted by Crippen LogP contribution is 2.23. The third kappa shape index (κ3) is 2.61. The lowest BCUT2D eigenvalue weighted by molar-refractivity contribution is 0.355. The Hall–Kier alpha value is -1.64. The normalized spacial score (nSPS) is 12.1. The third-order valence-electron chi connectivity index (χ3n) is 3.02. The van der Waals surface area contributed by atoms with E-state index in [1.54, 1.807) is 0 Å². The van der Waals surface area contributed by atoms with Crippen LogP contribution in [0.1, 0.15) is 46.1 Å². The number of nitrogens with zero attached hydrogens (tertiary/aromatic N) is 3. The van der Waals surface area contributed by atoms with Crippen molar-refractivity contribution in [2.24, 2.45) is 0 Å². The highest BCUT2D eigenvalue weighted by atomic mass is 15.3. The first-order chi connectivity index (χ1) is 8.38. The van der Waals surface area contributed by atoms with Gasteiger partial charge >= 0.3 is 0 Å². The summed E-state index contributed by atoms with van der Waals surface area (Å²) in [6, 6.07) is 4.22. The van der Waals surface area contributed by atoms with Crippen LogP contribution in [0, 0.1) is 0 Å².